The topological polar surface area (TPSA) is 32.6 Å². The van der Waals surface area contributed by atoms with Crippen LogP contribution < -0.4 is 0 Å². The maximum atomic E-state index is 12.2. The highest BCUT2D eigenvalue weighted by molar-refractivity contribution is 6.35. The molecule has 0 atom stereocenters. The lowest BCUT2D eigenvalue weighted by Gasteiger charge is -2.03. The normalized spacial score (nSPS) is 11.8. The molecule has 2 nitrogen and oxygen atoms in total. The quantitative estimate of drug-likeness (QED) is 0.487. The SMILES string of the molecule is ON=C(CF)Cc1ccc(Cl)cc1Cl. The molecule has 0 saturated heterocycles. The predicted octanol–water partition coefficient (Wildman–Crippen LogP) is 3.34. The van der Waals surface area contributed by atoms with Gasteiger partial charge in [0.05, 0.1) is 5.71 Å². The molecule has 14 heavy (non-hydrogen) atoms. The first kappa shape index (κ1) is 11.3. The molecule has 0 aliphatic carbocycles. The second-order valence-electron chi connectivity index (χ2n) is 2.71. The second-order valence-corrected chi connectivity index (χ2v) is 3.56. The first-order chi connectivity index (χ1) is 6.67. The number of alkyl halides is 1. The number of hydrogen-bond acceptors (Lipinski definition) is 2. The van der Waals surface area contributed by atoms with Crippen LogP contribution in [-0.2, 0) is 6.42 Å². The molecule has 0 aliphatic rings. The summed E-state index contributed by atoms with van der Waals surface area (Å²) in [7, 11) is 0. The van der Waals surface area contributed by atoms with Gasteiger partial charge in [-0.25, -0.2) is 4.39 Å². The molecule has 0 bridgehead atoms. The highest BCUT2D eigenvalue weighted by Gasteiger charge is 2.06. The largest absolute Gasteiger partial charge is 0.411 e. The van der Waals surface area contributed by atoms with Crippen LogP contribution in [-0.4, -0.2) is 17.6 Å². The number of rotatable bonds is 3. The van der Waals surface area contributed by atoms with Gasteiger partial charge in [-0.15, -0.1) is 0 Å². The van der Waals surface area contributed by atoms with Crippen LogP contribution in [0, 0.1) is 0 Å². The summed E-state index contributed by atoms with van der Waals surface area (Å²) in [4.78, 5) is 0. The summed E-state index contributed by atoms with van der Waals surface area (Å²) >= 11 is 11.5. The molecule has 0 radical (unpaired) electrons. The molecule has 1 rings (SSSR count). The summed E-state index contributed by atoms with van der Waals surface area (Å²) < 4.78 is 12.2. The summed E-state index contributed by atoms with van der Waals surface area (Å²) in [5.74, 6) is 0. The van der Waals surface area contributed by atoms with E-state index in [1.54, 1.807) is 18.2 Å². The van der Waals surface area contributed by atoms with Gasteiger partial charge in [-0.05, 0) is 17.7 Å². The number of hydrogen-bond donors (Lipinski definition) is 1. The van der Waals surface area contributed by atoms with Crippen molar-refractivity contribution in [3.8, 4) is 0 Å². The fraction of sp³-hybridized carbons (Fsp3) is 0.222. The van der Waals surface area contributed by atoms with Gasteiger partial charge in [0.1, 0.15) is 6.67 Å². The Morgan fingerprint density at radius 3 is 2.64 bits per heavy atom. The smallest absolute Gasteiger partial charge is 0.131 e. The molecule has 0 saturated carbocycles. The van der Waals surface area contributed by atoms with Gasteiger partial charge < -0.3 is 5.21 Å². The molecule has 1 N–H and O–H groups in total. The van der Waals surface area contributed by atoms with E-state index < -0.39 is 6.67 Å². The van der Waals surface area contributed by atoms with Crippen LogP contribution in [0.15, 0.2) is 23.4 Å². The van der Waals surface area contributed by atoms with E-state index in [9.17, 15) is 4.39 Å². The summed E-state index contributed by atoms with van der Waals surface area (Å²) in [6, 6.07) is 4.88. The summed E-state index contributed by atoms with van der Waals surface area (Å²) in [5, 5.41) is 12.2. The zero-order valence-electron chi connectivity index (χ0n) is 7.17. The zero-order valence-corrected chi connectivity index (χ0v) is 8.69. The Kier molecular flexibility index (Phi) is 4.17. The Labute approximate surface area is 90.9 Å². The Hall–Kier alpha value is -0.800. The van der Waals surface area contributed by atoms with Crippen molar-refractivity contribution < 1.29 is 9.60 Å². The van der Waals surface area contributed by atoms with Crippen molar-refractivity contribution >= 4 is 28.9 Å². The molecule has 5 heteroatoms. The molecular weight excluding hydrogens is 228 g/mol. The highest BCUT2D eigenvalue weighted by Crippen LogP contribution is 2.21. The van der Waals surface area contributed by atoms with Crippen molar-refractivity contribution in [1.82, 2.24) is 0 Å². The van der Waals surface area contributed by atoms with Gasteiger partial charge in [0.15, 0.2) is 0 Å². The van der Waals surface area contributed by atoms with E-state index in [-0.39, 0.29) is 12.1 Å². The van der Waals surface area contributed by atoms with E-state index in [2.05, 4.69) is 5.16 Å². The molecule has 0 heterocycles. The Bertz CT molecular complexity index is 355. The molecule has 1 aromatic carbocycles. The van der Waals surface area contributed by atoms with Gasteiger partial charge in [0.2, 0.25) is 0 Å². The molecule has 0 fully saturated rings. The average Bonchev–Trinajstić information content (AvgIpc) is 2.17. The third-order valence-electron chi connectivity index (χ3n) is 1.71. The van der Waals surface area contributed by atoms with Crippen molar-refractivity contribution in [2.75, 3.05) is 6.67 Å². The molecule has 0 unspecified atom stereocenters. The number of oxime groups is 1. The lowest BCUT2D eigenvalue weighted by atomic mass is 10.1. The fourth-order valence-corrected chi connectivity index (χ4v) is 1.47. The molecular formula is C9H8Cl2FNO. The minimum Gasteiger partial charge on any atom is -0.411 e. The van der Waals surface area contributed by atoms with Crippen molar-refractivity contribution in [2.24, 2.45) is 5.16 Å². The lowest BCUT2D eigenvalue weighted by molar-refractivity contribution is 0.314. The molecule has 1 aromatic rings. The Morgan fingerprint density at radius 1 is 1.43 bits per heavy atom. The van der Waals surface area contributed by atoms with Crippen molar-refractivity contribution in [1.29, 1.82) is 0 Å². The minimum atomic E-state index is -0.796. The number of benzene rings is 1. The number of halogens is 3. The van der Waals surface area contributed by atoms with E-state index in [0.29, 0.717) is 15.6 Å². The molecule has 0 aliphatic heterocycles. The van der Waals surface area contributed by atoms with Crippen LogP contribution in [0.4, 0.5) is 4.39 Å². The Balaban J connectivity index is 2.87. The highest BCUT2D eigenvalue weighted by atomic mass is 35.5. The van der Waals surface area contributed by atoms with E-state index >= 15 is 0 Å². The summed E-state index contributed by atoms with van der Waals surface area (Å²) in [5.41, 5.74) is 0.718. The van der Waals surface area contributed by atoms with E-state index in [0.717, 1.165) is 0 Å². The third-order valence-corrected chi connectivity index (χ3v) is 2.29. The first-order valence-electron chi connectivity index (χ1n) is 3.87. The van der Waals surface area contributed by atoms with Gasteiger partial charge in [0.25, 0.3) is 0 Å². The summed E-state index contributed by atoms with van der Waals surface area (Å²) in [6.45, 7) is -0.796. The van der Waals surface area contributed by atoms with Gasteiger partial charge in [-0.2, -0.15) is 0 Å². The van der Waals surface area contributed by atoms with Crippen LogP contribution in [0.5, 0.6) is 0 Å². The summed E-state index contributed by atoms with van der Waals surface area (Å²) in [6.07, 6.45) is 0.184. The third kappa shape index (κ3) is 2.86. The molecule has 0 amide bonds. The second kappa shape index (κ2) is 5.17. The van der Waals surface area contributed by atoms with Crippen molar-refractivity contribution in [2.45, 2.75) is 6.42 Å². The molecule has 0 spiro atoms. The van der Waals surface area contributed by atoms with Crippen LogP contribution in [0.25, 0.3) is 0 Å². The lowest BCUT2D eigenvalue weighted by Crippen LogP contribution is -2.05. The predicted molar refractivity (Wildman–Crippen MR) is 55.4 cm³/mol. The van der Waals surface area contributed by atoms with E-state index in [1.807, 2.05) is 0 Å². The van der Waals surface area contributed by atoms with E-state index in [4.69, 9.17) is 28.4 Å². The van der Waals surface area contributed by atoms with Gasteiger partial charge in [0, 0.05) is 16.5 Å². The average molecular weight is 236 g/mol. The maximum absolute atomic E-state index is 12.2. The van der Waals surface area contributed by atoms with Gasteiger partial charge >= 0.3 is 0 Å². The Morgan fingerprint density at radius 2 is 2.14 bits per heavy atom. The number of nitrogens with zero attached hydrogens (tertiary/aromatic N) is 1. The van der Waals surface area contributed by atoms with Crippen LogP contribution in [0.1, 0.15) is 5.56 Å². The monoisotopic (exact) mass is 235 g/mol. The zero-order chi connectivity index (χ0) is 10.6. The van der Waals surface area contributed by atoms with Crippen molar-refractivity contribution in [3.63, 3.8) is 0 Å². The maximum Gasteiger partial charge on any atom is 0.131 e. The van der Waals surface area contributed by atoms with Gasteiger partial charge in [-0.1, -0.05) is 34.4 Å². The van der Waals surface area contributed by atoms with Gasteiger partial charge in [-0.3, -0.25) is 0 Å². The standard InChI is InChI=1S/C9H8Cl2FNO/c10-7-2-1-6(9(11)4-7)3-8(5-12)13-14/h1-2,4,14H,3,5H2. The van der Waals surface area contributed by atoms with Crippen molar-refractivity contribution in [3.05, 3.63) is 33.8 Å². The molecule has 0 aromatic heterocycles. The van der Waals surface area contributed by atoms with Crippen LogP contribution >= 0.6 is 23.2 Å². The van der Waals surface area contributed by atoms with Crippen LogP contribution in [0.3, 0.4) is 0 Å². The van der Waals surface area contributed by atoms with E-state index in [1.165, 1.54) is 0 Å². The first-order valence-corrected chi connectivity index (χ1v) is 4.62. The minimum absolute atomic E-state index is 0.0363. The van der Waals surface area contributed by atoms with Crippen LogP contribution in [0.2, 0.25) is 10.0 Å². The molecule has 76 valence electrons. The fourth-order valence-electron chi connectivity index (χ4n) is 0.994.